The molecule has 0 atom stereocenters. The van der Waals surface area contributed by atoms with E-state index in [-0.39, 0.29) is 16.9 Å². The molecule has 1 saturated heterocycles. The Morgan fingerprint density at radius 1 is 0.893 bits per heavy atom. The van der Waals surface area contributed by atoms with Crippen molar-refractivity contribution in [2.24, 2.45) is 7.05 Å². The molecule has 0 spiro atoms. The number of carbonyl (C=O) groups is 1. The summed E-state index contributed by atoms with van der Waals surface area (Å²) in [5.41, 5.74) is 2.69. The zero-order valence-corrected chi connectivity index (χ0v) is 16.0. The lowest BCUT2D eigenvalue weighted by Gasteiger charge is -2.44. The number of pyridine rings is 1. The summed E-state index contributed by atoms with van der Waals surface area (Å²) in [5, 5.41) is 0. The normalized spacial score (nSPS) is 16.0. The number of likely N-dealkylation sites (tertiary alicyclic amines) is 1. The van der Waals surface area contributed by atoms with Crippen LogP contribution in [-0.4, -0.2) is 28.5 Å². The Balaban J connectivity index is 1.74. The molecule has 4 rings (SSSR count). The van der Waals surface area contributed by atoms with Gasteiger partial charge in [-0.15, -0.1) is 0 Å². The standard InChI is InChI=1S/C24H24N2O2/c1-25-17-19(13-14-22(25)27)23(28)26-16-8-15-24(18-26,20-9-4-2-5-10-20)21-11-6-3-7-12-21/h2-7,9-14,17H,8,15-16,18H2,1H3. The van der Waals surface area contributed by atoms with Crippen LogP contribution in [0, 0.1) is 0 Å². The Hall–Kier alpha value is -3.14. The fraction of sp³-hybridized carbons (Fsp3) is 0.250. The molecule has 0 N–H and O–H groups in total. The van der Waals surface area contributed by atoms with E-state index in [2.05, 4.69) is 48.5 Å². The molecular formula is C24H24N2O2. The summed E-state index contributed by atoms with van der Waals surface area (Å²) in [7, 11) is 1.67. The van der Waals surface area contributed by atoms with E-state index in [0.717, 1.165) is 19.4 Å². The molecule has 4 nitrogen and oxygen atoms in total. The van der Waals surface area contributed by atoms with E-state index >= 15 is 0 Å². The van der Waals surface area contributed by atoms with Crippen LogP contribution in [0.4, 0.5) is 0 Å². The van der Waals surface area contributed by atoms with E-state index in [0.29, 0.717) is 12.1 Å². The van der Waals surface area contributed by atoms with Crippen LogP contribution < -0.4 is 5.56 Å². The highest BCUT2D eigenvalue weighted by Gasteiger charge is 2.40. The molecule has 1 aliphatic rings. The van der Waals surface area contributed by atoms with Crippen LogP contribution in [0.1, 0.15) is 34.3 Å². The maximum atomic E-state index is 13.2. The minimum atomic E-state index is -0.225. The first kappa shape index (κ1) is 18.2. The predicted octanol–water partition coefficient (Wildman–Crippen LogP) is 3.61. The van der Waals surface area contributed by atoms with Crippen LogP contribution in [0.3, 0.4) is 0 Å². The Bertz CT molecular complexity index is 986. The van der Waals surface area contributed by atoms with Crippen LogP contribution in [0.5, 0.6) is 0 Å². The summed E-state index contributed by atoms with van der Waals surface area (Å²) in [6.07, 6.45) is 3.56. The van der Waals surface area contributed by atoms with Gasteiger partial charge in [0.15, 0.2) is 0 Å². The van der Waals surface area contributed by atoms with Crippen LogP contribution >= 0.6 is 0 Å². The highest BCUT2D eigenvalue weighted by atomic mass is 16.2. The van der Waals surface area contributed by atoms with Crippen molar-refractivity contribution in [3.63, 3.8) is 0 Å². The van der Waals surface area contributed by atoms with Gasteiger partial charge in [-0.25, -0.2) is 0 Å². The van der Waals surface area contributed by atoms with Gasteiger partial charge in [0.2, 0.25) is 5.56 Å². The molecule has 4 heteroatoms. The predicted molar refractivity (Wildman–Crippen MR) is 110 cm³/mol. The molecule has 0 radical (unpaired) electrons. The summed E-state index contributed by atoms with van der Waals surface area (Å²) >= 11 is 0. The average molecular weight is 372 g/mol. The van der Waals surface area contributed by atoms with Crippen molar-refractivity contribution in [3.05, 3.63) is 106 Å². The third-order valence-corrected chi connectivity index (χ3v) is 5.77. The molecular weight excluding hydrogens is 348 g/mol. The van der Waals surface area contributed by atoms with Crippen molar-refractivity contribution in [1.29, 1.82) is 0 Å². The van der Waals surface area contributed by atoms with Crippen LogP contribution in [0.15, 0.2) is 83.8 Å². The molecule has 28 heavy (non-hydrogen) atoms. The van der Waals surface area contributed by atoms with Crippen LogP contribution in [0.25, 0.3) is 0 Å². The zero-order valence-electron chi connectivity index (χ0n) is 16.0. The second-order valence-corrected chi connectivity index (χ2v) is 7.51. The Labute approximate surface area is 165 Å². The van der Waals surface area contributed by atoms with Gasteiger partial charge in [0.05, 0.1) is 5.56 Å². The third kappa shape index (κ3) is 3.26. The third-order valence-electron chi connectivity index (χ3n) is 5.77. The SMILES string of the molecule is Cn1cc(C(=O)N2CCCC(c3ccccc3)(c3ccccc3)C2)ccc1=O. The van der Waals surface area contributed by atoms with Gasteiger partial charge in [-0.1, -0.05) is 60.7 Å². The van der Waals surface area contributed by atoms with Crippen molar-refractivity contribution in [2.45, 2.75) is 18.3 Å². The molecule has 3 aromatic rings. The van der Waals surface area contributed by atoms with Crippen LogP contribution in [0.2, 0.25) is 0 Å². The van der Waals surface area contributed by atoms with Gasteiger partial charge in [-0.3, -0.25) is 9.59 Å². The molecule has 0 aliphatic carbocycles. The monoisotopic (exact) mass is 372 g/mol. The Morgan fingerprint density at radius 3 is 2.07 bits per heavy atom. The number of piperidine rings is 1. The molecule has 1 aromatic heterocycles. The molecule has 2 aromatic carbocycles. The van der Waals surface area contributed by atoms with Crippen molar-refractivity contribution in [1.82, 2.24) is 9.47 Å². The van der Waals surface area contributed by atoms with Gasteiger partial charge in [0, 0.05) is 37.8 Å². The number of aromatic nitrogens is 1. The highest BCUT2D eigenvalue weighted by molar-refractivity contribution is 5.94. The van der Waals surface area contributed by atoms with Gasteiger partial charge in [0.25, 0.3) is 5.91 Å². The minimum absolute atomic E-state index is 0.0217. The lowest BCUT2D eigenvalue weighted by Crippen LogP contribution is -2.49. The van der Waals surface area contributed by atoms with E-state index in [1.807, 2.05) is 17.0 Å². The fourth-order valence-electron chi connectivity index (χ4n) is 4.28. The maximum Gasteiger partial charge on any atom is 0.255 e. The molecule has 1 amide bonds. The molecule has 142 valence electrons. The number of nitrogens with zero attached hydrogens (tertiary/aromatic N) is 2. The van der Waals surface area contributed by atoms with E-state index in [1.165, 1.54) is 21.8 Å². The van der Waals surface area contributed by atoms with E-state index < -0.39 is 0 Å². The fourth-order valence-corrected chi connectivity index (χ4v) is 4.28. The second kappa shape index (κ2) is 7.47. The van der Waals surface area contributed by atoms with Gasteiger partial charge in [-0.2, -0.15) is 0 Å². The van der Waals surface area contributed by atoms with Gasteiger partial charge < -0.3 is 9.47 Å². The maximum absolute atomic E-state index is 13.2. The first-order valence-electron chi connectivity index (χ1n) is 9.67. The van der Waals surface area contributed by atoms with E-state index in [1.54, 1.807) is 19.3 Å². The van der Waals surface area contributed by atoms with E-state index in [4.69, 9.17) is 0 Å². The number of aryl methyl sites for hydroxylation is 1. The largest absolute Gasteiger partial charge is 0.337 e. The summed E-state index contributed by atoms with van der Waals surface area (Å²) < 4.78 is 1.46. The topological polar surface area (TPSA) is 42.3 Å². The van der Waals surface area contributed by atoms with Crippen LogP contribution in [-0.2, 0) is 12.5 Å². The highest BCUT2D eigenvalue weighted by Crippen LogP contribution is 2.40. The number of hydrogen-bond donors (Lipinski definition) is 0. The quantitative estimate of drug-likeness (QED) is 0.705. The Morgan fingerprint density at radius 2 is 1.50 bits per heavy atom. The number of carbonyl (C=O) groups excluding carboxylic acids is 1. The molecule has 0 unspecified atom stereocenters. The molecule has 1 aliphatic heterocycles. The van der Waals surface area contributed by atoms with Crippen molar-refractivity contribution in [3.8, 4) is 0 Å². The first-order valence-corrected chi connectivity index (χ1v) is 9.67. The number of amides is 1. The number of benzene rings is 2. The number of rotatable bonds is 3. The zero-order chi connectivity index (χ0) is 19.6. The molecule has 0 saturated carbocycles. The summed E-state index contributed by atoms with van der Waals surface area (Å²) in [6.45, 7) is 1.35. The van der Waals surface area contributed by atoms with Crippen molar-refractivity contribution < 1.29 is 4.79 Å². The van der Waals surface area contributed by atoms with Crippen molar-refractivity contribution >= 4 is 5.91 Å². The smallest absolute Gasteiger partial charge is 0.255 e. The Kier molecular flexibility index (Phi) is 4.86. The van der Waals surface area contributed by atoms with Crippen molar-refractivity contribution in [2.75, 3.05) is 13.1 Å². The summed E-state index contributed by atoms with van der Waals surface area (Å²) in [5.74, 6) is -0.0217. The first-order chi connectivity index (χ1) is 13.6. The molecule has 0 bridgehead atoms. The summed E-state index contributed by atoms with van der Waals surface area (Å²) in [6, 6.07) is 24.0. The van der Waals surface area contributed by atoms with Gasteiger partial charge in [-0.05, 0) is 30.0 Å². The van der Waals surface area contributed by atoms with Gasteiger partial charge >= 0.3 is 0 Å². The number of hydrogen-bond acceptors (Lipinski definition) is 2. The lowest BCUT2D eigenvalue weighted by molar-refractivity contribution is 0.0665. The summed E-state index contributed by atoms with van der Waals surface area (Å²) in [4.78, 5) is 26.8. The molecule has 1 fully saturated rings. The van der Waals surface area contributed by atoms with Gasteiger partial charge in [0.1, 0.15) is 0 Å². The minimum Gasteiger partial charge on any atom is -0.337 e. The average Bonchev–Trinajstić information content (AvgIpc) is 2.76. The lowest BCUT2D eigenvalue weighted by atomic mass is 9.69. The molecule has 2 heterocycles. The van der Waals surface area contributed by atoms with E-state index in [9.17, 15) is 9.59 Å². The second-order valence-electron chi connectivity index (χ2n) is 7.51.